The van der Waals surface area contributed by atoms with Gasteiger partial charge in [-0.15, -0.1) is 0 Å². The lowest BCUT2D eigenvalue weighted by atomic mass is 10.1. The van der Waals surface area contributed by atoms with E-state index in [1.165, 1.54) is 0 Å². The monoisotopic (exact) mass is 255 g/mol. The number of H-pyrrole nitrogens is 1. The molecule has 0 saturated heterocycles. The number of benzene rings is 1. The van der Waals surface area contributed by atoms with Crippen molar-refractivity contribution in [3.8, 4) is 11.3 Å². The van der Waals surface area contributed by atoms with Crippen molar-refractivity contribution in [2.24, 2.45) is 0 Å². The Morgan fingerprint density at radius 1 is 1.31 bits per heavy atom. The first-order valence-corrected chi connectivity index (χ1v) is 5.67. The van der Waals surface area contributed by atoms with Crippen molar-refractivity contribution < 1.29 is 0 Å². The van der Waals surface area contributed by atoms with Crippen LogP contribution in [-0.2, 0) is 6.42 Å². The first-order chi connectivity index (χ1) is 7.63. The summed E-state index contributed by atoms with van der Waals surface area (Å²) in [5.74, 6) is 0.531. The van der Waals surface area contributed by atoms with E-state index in [1.54, 1.807) is 12.1 Å². The van der Waals surface area contributed by atoms with Crippen LogP contribution in [0.5, 0.6) is 0 Å². The number of nitrogens with zero attached hydrogens (tertiary/aromatic N) is 1. The highest BCUT2D eigenvalue weighted by Gasteiger charge is 2.11. The summed E-state index contributed by atoms with van der Waals surface area (Å²) in [5.41, 5.74) is 8.60. The molecule has 0 fully saturated rings. The van der Waals surface area contributed by atoms with Crippen LogP contribution in [0.2, 0.25) is 10.0 Å². The van der Waals surface area contributed by atoms with Crippen molar-refractivity contribution in [1.29, 1.82) is 0 Å². The summed E-state index contributed by atoms with van der Waals surface area (Å²) in [7, 11) is 0. The molecule has 0 unspecified atom stereocenters. The van der Waals surface area contributed by atoms with Gasteiger partial charge in [0.2, 0.25) is 0 Å². The van der Waals surface area contributed by atoms with Crippen LogP contribution in [0, 0.1) is 0 Å². The predicted molar refractivity (Wildman–Crippen MR) is 67.8 cm³/mol. The maximum absolute atomic E-state index is 5.97. The fourth-order valence-corrected chi connectivity index (χ4v) is 1.93. The molecule has 5 heteroatoms. The Morgan fingerprint density at radius 2 is 2.06 bits per heavy atom. The quantitative estimate of drug-likeness (QED) is 0.863. The summed E-state index contributed by atoms with van der Waals surface area (Å²) in [6, 6.07) is 5.45. The van der Waals surface area contributed by atoms with Crippen LogP contribution in [0.3, 0.4) is 0 Å². The minimum Gasteiger partial charge on any atom is -0.382 e. The maximum atomic E-state index is 5.97. The first-order valence-electron chi connectivity index (χ1n) is 4.91. The molecule has 3 nitrogen and oxygen atoms in total. The molecule has 0 saturated carbocycles. The highest BCUT2D eigenvalue weighted by Crippen LogP contribution is 2.30. The number of aromatic nitrogens is 2. The Kier molecular flexibility index (Phi) is 3.08. The lowest BCUT2D eigenvalue weighted by molar-refractivity contribution is 1.10. The van der Waals surface area contributed by atoms with Gasteiger partial charge in [0, 0.05) is 11.1 Å². The third-order valence-corrected chi connectivity index (χ3v) is 3.20. The highest BCUT2D eigenvalue weighted by molar-refractivity contribution is 6.42. The van der Waals surface area contributed by atoms with Crippen molar-refractivity contribution in [3.05, 3.63) is 33.8 Å². The van der Waals surface area contributed by atoms with Crippen molar-refractivity contribution in [2.75, 3.05) is 5.73 Å². The van der Waals surface area contributed by atoms with Crippen LogP contribution in [-0.4, -0.2) is 10.2 Å². The van der Waals surface area contributed by atoms with Crippen LogP contribution in [0.1, 0.15) is 12.5 Å². The molecule has 0 radical (unpaired) electrons. The molecular formula is C11H11Cl2N3. The summed E-state index contributed by atoms with van der Waals surface area (Å²) < 4.78 is 0. The van der Waals surface area contributed by atoms with E-state index in [-0.39, 0.29) is 0 Å². The molecule has 0 aliphatic carbocycles. The van der Waals surface area contributed by atoms with Gasteiger partial charge in [0.15, 0.2) is 0 Å². The summed E-state index contributed by atoms with van der Waals surface area (Å²) in [4.78, 5) is 0. The number of hydrogen-bond donors (Lipinski definition) is 2. The van der Waals surface area contributed by atoms with Crippen molar-refractivity contribution in [3.63, 3.8) is 0 Å². The number of anilines is 1. The number of nitrogen functional groups attached to an aromatic ring is 1. The van der Waals surface area contributed by atoms with Gasteiger partial charge in [-0.3, -0.25) is 5.10 Å². The zero-order valence-corrected chi connectivity index (χ0v) is 10.2. The second-order valence-corrected chi connectivity index (χ2v) is 4.26. The largest absolute Gasteiger partial charge is 0.382 e. The second kappa shape index (κ2) is 4.36. The third kappa shape index (κ3) is 1.88. The normalized spacial score (nSPS) is 10.7. The lowest BCUT2D eigenvalue weighted by Crippen LogP contribution is -1.90. The maximum Gasteiger partial charge on any atom is 0.149 e. The van der Waals surface area contributed by atoms with Gasteiger partial charge in [-0.1, -0.05) is 36.2 Å². The van der Waals surface area contributed by atoms with Crippen molar-refractivity contribution in [2.45, 2.75) is 13.3 Å². The Balaban J connectivity index is 2.54. The van der Waals surface area contributed by atoms with Crippen molar-refractivity contribution >= 4 is 29.0 Å². The van der Waals surface area contributed by atoms with Gasteiger partial charge in [0.05, 0.1) is 15.7 Å². The number of nitrogens with one attached hydrogen (secondary N) is 1. The van der Waals surface area contributed by atoms with Gasteiger partial charge >= 0.3 is 0 Å². The van der Waals surface area contributed by atoms with Crippen molar-refractivity contribution in [1.82, 2.24) is 10.2 Å². The van der Waals surface area contributed by atoms with Crippen LogP contribution < -0.4 is 5.73 Å². The van der Waals surface area contributed by atoms with Gasteiger partial charge < -0.3 is 5.73 Å². The Labute approximate surface area is 104 Å². The number of hydrogen-bond acceptors (Lipinski definition) is 2. The molecule has 1 aromatic carbocycles. The van der Waals surface area contributed by atoms with E-state index < -0.39 is 0 Å². The summed E-state index contributed by atoms with van der Waals surface area (Å²) >= 11 is 11.8. The number of rotatable bonds is 2. The van der Waals surface area contributed by atoms with Gasteiger partial charge in [0.1, 0.15) is 5.82 Å². The second-order valence-electron chi connectivity index (χ2n) is 3.44. The number of aromatic amines is 1. The van der Waals surface area contributed by atoms with E-state index in [0.717, 1.165) is 23.2 Å². The highest BCUT2D eigenvalue weighted by atomic mass is 35.5. The number of halogens is 2. The molecule has 16 heavy (non-hydrogen) atoms. The minimum atomic E-state index is 0.523. The SMILES string of the molecule is CCc1c(N)n[nH]c1-c1ccc(Cl)c(Cl)c1. The smallest absolute Gasteiger partial charge is 0.149 e. The molecule has 0 aliphatic heterocycles. The van der Waals surface area contributed by atoms with Crippen LogP contribution in [0.15, 0.2) is 18.2 Å². The Morgan fingerprint density at radius 3 is 2.69 bits per heavy atom. The van der Waals surface area contributed by atoms with Gasteiger partial charge in [-0.25, -0.2) is 0 Å². The average molecular weight is 256 g/mol. The fraction of sp³-hybridized carbons (Fsp3) is 0.182. The molecule has 2 rings (SSSR count). The van der Waals surface area contributed by atoms with Gasteiger partial charge in [-0.05, 0) is 18.6 Å². The van der Waals surface area contributed by atoms with Crippen LogP contribution in [0.4, 0.5) is 5.82 Å². The topological polar surface area (TPSA) is 54.7 Å². The minimum absolute atomic E-state index is 0.523. The molecule has 84 valence electrons. The molecule has 0 aliphatic rings. The third-order valence-electron chi connectivity index (χ3n) is 2.46. The van der Waals surface area contributed by atoms with Crippen LogP contribution >= 0.6 is 23.2 Å². The van der Waals surface area contributed by atoms with E-state index in [9.17, 15) is 0 Å². The molecule has 0 bridgehead atoms. The lowest BCUT2D eigenvalue weighted by Gasteiger charge is -2.03. The van der Waals surface area contributed by atoms with E-state index in [0.29, 0.717) is 15.9 Å². The molecule has 1 heterocycles. The first kappa shape index (κ1) is 11.3. The van der Waals surface area contributed by atoms with E-state index in [4.69, 9.17) is 28.9 Å². The standard InChI is InChI=1S/C11H11Cl2N3/c1-2-7-10(15-16-11(7)14)6-3-4-8(12)9(13)5-6/h3-5H,2H2,1H3,(H3,14,15,16). The molecule has 0 amide bonds. The molecule has 3 N–H and O–H groups in total. The summed E-state index contributed by atoms with van der Waals surface area (Å²) in [6.45, 7) is 2.03. The van der Waals surface area contributed by atoms with Crippen LogP contribution in [0.25, 0.3) is 11.3 Å². The molecule has 0 spiro atoms. The van der Waals surface area contributed by atoms with E-state index in [1.807, 2.05) is 13.0 Å². The zero-order valence-electron chi connectivity index (χ0n) is 8.72. The average Bonchev–Trinajstić information content (AvgIpc) is 2.63. The fourth-order valence-electron chi connectivity index (χ4n) is 1.63. The summed E-state index contributed by atoms with van der Waals surface area (Å²) in [5, 5.41) is 7.96. The van der Waals surface area contributed by atoms with E-state index in [2.05, 4.69) is 10.2 Å². The molecular weight excluding hydrogens is 245 g/mol. The van der Waals surface area contributed by atoms with E-state index >= 15 is 0 Å². The summed E-state index contributed by atoms with van der Waals surface area (Å²) in [6.07, 6.45) is 0.817. The van der Waals surface area contributed by atoms with Gasteiger partial charge in [-0.2, -0.15) is 5.10 Å². The number of nitrogens with two attached hydrogens (primary N) is 1. The zero-order chi connectivity index (χ0) is 11.7. The Bertz CT molecular complexity index is 520. The Hall–Kier alpha value is -1.19. The molecule has 0 atom stereocenters. The van der Waals surface area contributed by atoms with Gasteiger partial charge in [0.25, 0.3) is 0 Å². The molecule has 2 aromatic rings. The predicted octanol–water partition coefficient (Wildman–Crippen LogP) is 3.53. The molecule has 1 aromatic heterocycles.